The molecule has 2 aromatic rings. The SMILES string of the molecule is COc1ccc(C2NC(C(=O)O)CS2)cc1COc1ccccc1C. The standard InChI is InChI=1S/C19H21NO4S/c1-12-5-3-4-6-16(12)24-10-14-9-13(7-8-17(14)23-2)18-20-15(11-25-18)19(21)22/h3-9,15,18,20H,10-11H2,1-2H3,(H,21,22). The molecule has 0 aliphatic carbocycles. The molecule has 2 aromatic carbocycles. The molecule has 2 atom stereocenters. The summed E-state index contributed by atoms with van der Waals surface area (Å²) in [6.45, 7) is 2.40. The number of ether oxygens (including phenoxy) is 2. The maximum atomic E-state index is 11.1. The van der Waals surface area contributed by atoms with Gasteiger partial charge in [0.15, 0.2) is 0 Å². The predicted molar refractivity (Wildman–Crippen MR) is 98.3 cm³/mol. The molecule has 1 fully saturated rings. The fourth-order valence-corrected chi connectivity index (χ4v) is 3.98. The fraction of sp³-hybridized carbons (Fsp3) is 0.316. The topological polar surface area (TPSA) is 67.8 Å². The summed E-state index contributed by atoms with van der Waals surface area (Å²) in [5.41, 5.74) is 3.04. The van der Waals surface area contributed by atoms with Crippen LogP contribution in [0.2, 0.25) is 0 Å². The molecule has 0 bridgehead atoms. The molecule has 2 unspecified atom stereocenters. The summed E-state index contributed by atoms with van der Waals surface area (Å²) in [4.78, 5) is 11.1. The van der Waals surface area contributed by atoms with E-state index in [1.807, 2.05) is 49.4 Å². The Kier molecular flexibility index (Phi) is 5.50. The van der Waals surface area contributed by atoms with Gasteiger partial charge in [0.25, 0.3) is 0 Å². The van der Waals surface area contributed by atoms with Crippen molar-refractivity contribution in [1.82, 2.24) is 5.32 Å². The summed E-state index contributed by atoms with van der Waals surface area (Å²) in [5.74, 6) is 1.34. The minimum Gasteiger partial charge on any atom is -0.496 e. The number of aliphatic carboxylic acids is 1. The second kappa shape index (κ2) is 7.80. The van der Waals surface area contributed by atoms with Gasteiger partial charge in [0, 0.05) is 11.3 Å². The Bertz CT molecular complexity index is 765. The van der Waals surface area contributed by atoms with Gasteiger partial charge >= 0.3 is 5.97 Å². The molecule has 3 rings (SSSR count). The number of thioether (sulfide) groups is 1. The van der Waals surface area contributed by atoms with Crippen LogP contribution in [0.4, 0.5) is 0 Å². The van der Waals surface area contributed by atoms with Crippen LogP contribution in [0.3, 0.4) is 0 Å². The van der Waals surface area contributed by atoms with Crippen molar-refractivity contribution in [1.29, 1.82) is 0 Å². The van der Waals surface area contributed by atoms with Crippen LogP contribution in [0.5, 0.6) is 11.5 Å². The van der Waals surface area contributed by atoms with E-state index >= 15 is 0 Å². The smallest absolute Gasteiger partial charge is 0.321 e. The van der Waals surface area contributed by atoms with Crippen molar-refractivity contribution in [2.75, 3.05) is 12.9 Å². The number of benzene rings is 2. The van der Waals surface area contributed by atoms with Gasteiger partial charge in [0.2, 0.25) is 0 Å². The van der Waals surface area contributed by atoms with Crippen LogP contribution in [-0.4, -0.2) is 30.0 Å². The van der Waals surface area contributed by atoms with Crippen molar-refractivity contribution in [2.24, 2.45) is 0 Å². The second-order valence-electron chi connectivity index (χ2n) is 5.90. The number of carboxylic acids is 1. The molecule has 0 saturated carbocycles. The fourth-order valence-electron chi connectivity index (χ4n) is 2.75. The van der Waals surface area contributed by atoms with E-state index in [1.165, 1.54) is 0 Å². The molecule has 1 aliphatic rings. The second-order valence-corrected chi connectivity index (χ2v) is 7.03. The zero-order valence-electron chi connectivity index (χ0n) is 14.2. The average Bonchev–Trinajstić information content (AvgIpc) is 3.11. The van der Waals surface area contributed by atoms with Gasteiger partial charge in [-0.2, -0.15) is 0 Å². The van der Waals surface area contributed by atoms with Crippen molar-refractivity contribution in [3.63, 3.8) is 0 Å². The minimum atomic E-state index is -0.813. The van der Waals surface area contributed by atoms with Gasteiger partial charge in [-0.3, -0.25) is 10.1 Å². The molecule has 0 spiro atoms. The third-order valence-corrected chi connectivity index (χ3v) is 5.43. The molecule has 0 radical (unpaired) electrons. The van der Waals surface area contributed by atoms with Crippen molar-refractivity contribution in [2.45, 2.75) is 24.9 Å². The molecule has 2 N–H and O–H groups in total. The van der Waals surface area contributed by atoms with Crippen LogP contribution in [0.15, 0.2) is 42.5 Å². The van der Waals surface area contributed by atoms with Crippen LogP contribution >= 0.6 is 11.8 Å². The van der Waals surface area contributed by atoms with E-state index in [9.17, 15) is 4.79 Å². The number of para-hydroxylation sites is 1. The van der Waals surface area contributed by atoms with E-state index in [1.54, 1.807) is 18.9 Å². The maximum Gasteiger partial charge on any atom is 0.321 e. The lowest BCUT2D eigenvalue weighted by Gasteiger charge is -2.16. The molecule has 25 heavy (non-hydrogen) atoms. The van der Waals surface area contributed by atoms with E-state index in [0.717, 1.165) is 28.2 Å². The Balaban J connectivity index is 1.76. The molecule has 5 nitrogen and oxygen atoms in total. The average molecular weight is 359 g/mol. The number of aryl methyl sites for hydroxylation is 1. The lowest BCUT2D eigenvalue weighted by molar-refractivity contribution is -0.138. The molecular formula is C19H21NO4S. The molecule has 0 amide bonds. The molecule has 1 heterocycles. The van der Waals surface area contributed by atoms with Crippen molar-refractivity contribution in [3.8, 4) is 11.5 Å². The zero-order valence-corrected chi connectivity index (χ0v) is 15.0. The van der Waals surface area contributed by atoms with Crippen LogP contribution in [0, 0.1) is 6.92 Å². The van der Waals surface area contributed by atoms with Gasteiger partial charge < -0.3 is 14.6 Å². The Morgan fingerprint density at radius 2 is 2.08 bits per heavy atom. The Morgan fingerprint density at radius 1 is 1.28 bits per heavy atom. The van der Waals surface area contributed by atoms with Crippen LogP contribution in [-0.2, 0) is 11.4 Å². The van der Waals surface area contributed by atoms with Crippen molar-refractivity contribution in [3.05, 3.63) is 59.2 Å². The first-order valence-electron chi connectivity index (χ1n) is 8.04. The summed E-state index contributed by atoms with van der Waals surface area (Å²) < 4.78 is 11.4. The summed E-state index contributed by atoms with van der Waals surface area (Å²) in [6.07, 6.45) is 0. The highest BCUT2D eigenvalue weighted by molar-refractivity contribution is 7.99. The van der Waals surface area contributed by atoms with Crippen molar-refractivity contribution >= 4 is 17.7 Å². The van der Waals surface area contributed by atoms with Crippen LogP contribution < -0.4 is 14.8 Å². The number of methoxy groups -OCH3 is 1. The maximum absolute atomic E-state index is 11.1. The first kappa shape index (κ1) is 17.6. The highest BCUT2D eigenvalue weighted by Gasteiger charge is 2.30. The number of hydrogen-bond acceptors (Lipinski definition) is 5. The van der Waals surface area contributed by atoms with E-state index in [0.29, 0.717) is 12.4 Å². The minimum absolute atomic E-state index is 0.0378. The molecule has 0 aromatic heterocycles. The molecule has 6 heteroatoms. The van der Waals surface area contributed by atoms with E-state index in [-0.39, 0.29) is 5.37 Å². The van der Waals surface area contributed by atoms with E-state index < -0.39 is 12.0 Å². The summed E-state index contributed by atoms with van der Waals surface area (Å²) >= 11 is 1.60. The van der Waals surface area contributed by atoms with Crippen LogP contribution in [0.1, 0.15) is 22.1 Å². The predicted octanol–water partition coefficient (Wildman–Crippen LogP) is 3.37. The van der Waals surface area contributed by atoms with Crippen LogP contribution in [0.25, 0.3) is 0 Å². The summed E-state index contributed by atoms with van der Waals surface area (Å²) in [6, 6.07) is 13.3. The van der Waals surface area contributed by atoms with Gasteiger partial charge in [-0.1, -0.05) is 24.3 Å². The van der Waals surface area contributed by atoms with Gasteiger partial charge in [0.1, 0.15) is 24.1 Å². The quantitative estimate of drug-likeness (QED) is 0.824. The summed E-state index contributed by atoms with van der Waals surface area (Å²) in [5, 5.41) is 12.2. The molecular weight excluding hydrogens is 338 g/mol. The van der Waals surface area contributed by atoms with Gasteiger partial charge in [-0.25, -0.2) is 0 Å². The number of carboxylic acid groups (broad SMARTS) is 1. The first-order valence-corrected chi connectivity index (χ1v) is 9.09. The third-order valence-electron chi connectivity index (χ3n) is 4.16. The lowest BCUT2D eigenvalue weighted by Crippen LogP contribution is -2.33. The monoisotopic (exact) mass is 359 g/mol. The van der Waals surface area contributed by atoms with E-state index in [2.05, 4.69) is 5.32 Å². The third kappa shape index (κ3) is 4.08. The summed E-state index contributed by atoms with van der Waals surface area (Å²) in [7, 11) is 1.63. The largest absolute Gasteiger partial charge is 0.496 e. The Morgan fingerprint density at radius 3 is 2.76 bits per heavy atom. The molecule has 1 saturated heterocycles. The van der Waals surface area contributed by atoms with E-state index in [4.69, 9.17) is 14.6 Å². The number of hydrogen-bond donors (Lipinski definition) is 2. The number of nitrogens with one attached hydrogen (secondary N) is 1. The highest BCUT2D eigenvalue weighted by Crippen LogP contribution is 2.35. The lowest BCUT2D eigenvalue weighted by atomic mass is 10.1. The normalized spacial score (nSPS) is 19.6. The van der Waals surface area contributed by atoms with Crippen molar-refractivity contribution < 1.29 is 19.4 Å². The number of rotatable bonds is 6. The van der Waals surface area contributed by atoms with Gasteiger partial charge in [-0.15, -0.1) is 11.8 Å². The Labute approximate surface area is 151 Å². The Hall–Kier alpha value is -2.18. The molecule has 1 aliphatic heterocycles. The van der Waals surface area contributed by atoms with Gasteiger partial charge in [-0.05, 0) is 36.2 Å². The first-order chi connectivity index (χ1) is 12.1. The molecule has 132 valence electrons. The number of carbonyl (C=O) groups is 1. The van der Waals surface area contributed by atoms with Gasteiger partial charge in [0.05, 0.1) is 12.5 Å². The zero-order chi connectivity index (χ0) is 17.8. The highest BCUT2D eigenvalue weighted by atomic mass is 32.2.